The summed E-state index contributed by atoms with van der Waals surface area (Å²) < 4.78 is 19.0. The third kappa shape index (κ3) is 4.55. The number of nitriles is 1. The van der Waals surface area contributed by atoms with Gasteiger partial charge in [-0.3, -0.25) is 14.7 Å². The van der Waals surface area contributed by atoms with E-state index in [-0.39, 0.29) is 30.7 Å². The molecule has 2 amide bonds. The maximum absolute atomic E-state index is 13.9. The predicted octanol–water partition coefficient (Wildman–Crippen LogP) is 3.18. The van der Waals surface area contributed by atoms with E-state index in [0.717, 1.165) is 10.9 Å². The fourth-order valence-corrected chi connectivity index (χ4v) is 3.50. The van der Waals surface area contributed by atoms with E-state index in [1.165, 1.54) is 36.3 Å². The summed E-state index contributed by atoms with van der Waals surface area (Å²) in [7, 11) is 1.34. The van der Waals surface area contributed by atoms with Crippen LogP contribution >= 0.6 is 0 Å². The number of nitrogens with zero attached hydrogens (tertiary/aromatic N) is 3. The van der Waals surface area contributed by atoms with Crippen molar-refractivity contribution >= 4 is 34.5 Å². The number of amides is 2. The van der Waals surface area contributed by atoms with Gasteiger partial charge in [0.25, 0.3) is 5.91 Å². The van der Waals surface area contributed by atoms with Crippen molar-refractivity contribution in [3.8, 4) is 11.8 Å². The third-order valence-electron chi connectivity index (χ3n) is 5.62. The van der Waals surface area contributed by atoms with Crippen molar-refractivity contribution in [3.05, 3.63) is 60.1 Å². The first kappa shape index (κ1) is 22.0. The Morgan fingerprint density at radius 3 is 2.85 bits per heavy atom. The number of rotatable bonds is 8. The maximum atomic E-state index is 13.9. The molecule has 2 aromatic carbocycles. The average molecular weight is 447 g/mol. The Balaban J connectivity index is 1.54. The number of ether oxygens (including phenoxy) is 1. The monoisotopic (exact) mass is 447 g/mol. The van der Waals surface area contributed by atoms with E-state index in [2.05, 4.69) is 15.5 Å². The minimum Gasteiger partial charge on any atom is -0.494 e. The number of aromatic amines is 1. The van der Waals surface area contributed by atoms with Gasteiger partial charge in [-0.2, -0.15) is 10.4 Å². The summed E-state index contributed by atoms with van der Waals surface area (Å²) in [6.45, 7) is 0.249. The van der Waals surface area contributed by atoms with Crippen molar-refractivity contribution in [1.29, 1.82) is 5.26 Å². The quantitative estimate of drug-likeness (QED) is 0.515. The number of benzene rings is 2. The number of carbonyl (C=O) groups excluding carboxylic acids is 2. The van der Waals surface area contributed by atoms with Gasteiger partial charge < -0.3 is 15.0 Å². The normalized spacial score (nSPS) is 14.1. The SMILES string of the molecule is COc1cc(N(CCNC(=O)C2(C#N)CC2)C(=O)/C=C/c2n[nH]c3ccccc23)ccc1F. The second-order valence-electron chi connectivity index (χ2n) is 7.75. The molecule has 0 radical (unpaired) electrons. The van der Waals surface area contributed by atoms with Crippen molar-refractivity contribution < 1.29 is 18.7 Å². The summed E-state index contributed by atoms with van der Waals surface area (Å²) in [5, 5.41) is 19.9. The second-order valence-corrected chi connectivity index (χ2v) is 7.75. The molecule has 9 heteroatoms. The Morgan fingerprint density at radius 2 is 2.12 bits per heavy atom. The summed E-state index contributed by atoms with van der Waals surface area (Å²) in [4.78, 5) is 26.8. The Labute approximate surface area is 189 Å². The number of carbonyl (C=O) groups is 2. The number of nitrogens with one attached hydrogen (secondary N) is 2. The molecule has 1 aliphatic carbocycles. The first-order valence-electron chi connectivity index (χ1n) is 10.4. The molecule has 0 bridgehead atoms. The summed E-state index contributed by atoms with van der Waals surface area (Å²) in [5.74, 6) is -1.28. The van der Waals surface area contributed by atoms with E-state index in [0.29, 0.717) is 24.2 Å². The van der Waals surface area contributed by atoms with Crippen LogP contribution in [0.3, 0.4) is 0 Å². The van der Waals surface area contributed by atoms with Crippen molar-refractivity contribution in [1.82, 2.24) is 15.5 Å². The smallest absolute Gasteiger partial charge is 0.251 e. The van der Waals surface area contributed by atoms with Gasteiger partial charge in [0, 0.05) is 36.3 Å². The Bertz CT molecular complexity index is 1270. The summed E-state index contributed by atoms with van der Waals surface area (Å²) in [6.07, 6.45) is 4.04. The molecule has 1 heterocycles. The maximum Gasteiger partial charge on any atom is 0.251 e. The van der Waals surface area contributed by atoms with Crippen LogP contribution in [0.5, 0.6) is 5.75 Å². The highest BCUT2D eigenvalue weighted by molar-refractivity contribution is 6.05. The number of para-hydroxylation sites is 1. The van der Waals surface area contributed by atoms with Crippen LogP contribution in [0.25, 0.3) is 17.0 Å². The Kier molecular flexibility index (Phi) is 6.09. The van der Waals surface area contributed by atoms with Gasteiger partial charge in [-0.1, -0.05) is 18.2 Å². The Hall–Kier alpha value is -4.19. The lowest BCUT2D eigenvalue weighted by molar-refractivity contribution is -0.124. The van der Waals surface area contributed by atoms with Gasteiger partial charge in [-0.05, 0) is 37.1 Å². The largest absolute Gasteiger partial charge is 0.494 e. The molecule has 4 rings (SSSR count). The van der Waals surface area contributed by atoms with Gasteiger partial charge in [0.1, 0.15) is 5.41 Å². The number of fused-ring (bicyclic) bond motifs is 1. The van der Waals surface area contributed by atoms with Crippen LogP contribution < -0.4 is 15.0 Å². The Morgan fingerprint density at radius 1 is 1.33 bits per heavy atom. The first-order chi connectivity index (χ1) is 16.0. The van der Waals surface area contributed by atoms with Crippen LogP contribution in [0.1, 0.15) is 18.5 Å². The fourth-order valence-electron chi connectivity index (χ4n) is 3.50. The molecule has 3 aromatic rings. The number of aromatic nitrogens is 2. The van der Waals surface area contributed by atoms with Crippen LogP contribution in [0.2, 0.25) is 0 Å². The molecular weight excluding hydrogens is 425 g/mol. The molecule has 1 saturated carbocycles. The van der Waals surface area contributed by atoms with E-state index >= 15 is 0 Å². The zero-order valence-corrected chi connectivity index (χ0v) is 18.0. The van der Waals surface area contributed by atoms with Gasteiger partial charge in [-0.25, -0.2) is 4.39 Å². The minimum absolute atomic E-state index is 0.00183. The van der Waals surface area contributed by atoms with E-state index in [1.54, 1.807) is 6.08 Å². The molecule has 168 valence electrons. The van der Waals surface area contributed by atoms with E-state index in [9.17, 15) is 19.2 Å². The highest BCUT2D eigenvalue weighted by Gasteiger charge is 2.50. The lowest BCUT2D eigenvalue weighted by Gasteiger charge is -2.22. The van der Waals surface area contributed by atoms with Crippen LogP contribution in [-0.4, -0.2) is 42.2 Å². The lowest BCUT2D eigenvalue weighted by atomic mass is 10.1. The molecule has 0 aliphatic heterocycles. The van der Waals surface area contributed by atoms with E-state index in [1.807, 2.05) is 30.3 Å². The third-order valence-corrected chi connectivity index (χ3v) is 5.62. The lowest BCUT2D eigenvalue weighted by Crippen LogP contribution is -2.40. The first-order valence-corrected chi connectivity index (χ1v) is 10.4. The number of H-pyrrole nitrogens is 1. The van der Waals surface area contributed by atoms with Gasteiger partial charge in [0.05, 0.1) is 24.4 Å². The summed E-state index contributed by atoms with van der Waals surface area (Å²) in [5.41, 5.74) is 0.910. The second kappa shape index (κ2) is 9.12. The van der Waals surface area contributed by atoms with Crippen molar-refractivity contribution in [2.75, 3.05) is 25.1 Å². The zero-order chi connectivity index (χ0) is 23.4. The summed E-state index contributed by atoms with van der Waals surface area (Å²) >= 11 is 0. The standard InChI is InChI=1S/C24H22FN5O3/c1-33-21-14-16(6-7-18(21)25)30(13-12-27-23(32)24(15-26)10-11-24)22(31)9-8-20-17-4-2-3-5-19(17)28-29-20/h2-9,14H,10-13H2,1H3,(H,27,32)(H,28,29)/b9-8+. The zero-order valence-electron chi connectivity index (χ0n) is 18.0. The van der Waals surface area contributed by atoms with Gasteiger partial charge >= 0.3 is 0 Å². The molecule has 0 atom stereocenters. The molecule has 1 aromatic heterocycles. The molecule has 2 N–H and O–H groups in total. The number of hydrogen-bond acceptors (Lipinski definition) is 5. The van der Waals surface area contributed by atoms with Crippen LogP contribution in [-0.2, 0) is 9.59 Å². The summed E-state index contributed by atoms with van der Waals surface area (Å²) in [6, 6.07) is 13.7. The topological polar surface area (TPSA) is 111 Å². The van der Waals surface area contributed by atoms with Crippen molar-refractivity contribution in [3.63, 3.8) is 0 Å². The number of halogens is 1. The van der Waals surface area contributed by atoms with Crippen LogP contribution in [0, 0.1) is 22.6 Å². The highest BCUT2D eigenvalue weighted by atomic mass is 19.1. The molecule has 0 saturated heterocycles. The molecule has 8 nitrogen and oxygen atoms in total. The number of methoxy groups -OCH3 is 1. The van der Waals surface area contributed by atoms with Gasteiger partial charge in [-0.15, -0.1) is 0 Å². The van der Waals surface area contributed by atoms with Crippen LogP contribution in [0.4, 0.5) is 10.1 Å². The molecule has 1 aliphatic rings. The molecule has 0 spiro atoms. The minimum atomic E-state index is -0.950. The van der Waals surface area contributed by atoms with Gasteiger partial charge in [0.15, 0.2) is 11.6 Å². The van der Waals surface area contributed by atoms with E-state index < -0.39 is 11.2 Å². The fraction of sp³-hybridized carbons (Fsp3) is 0.250. The van der Waals surface area contributed by atoms with Crippen molar-refractivity contribution in [2.24, 2.45) is 5.41 Å². The number of hydrogen-bond donors (Lipinski definition) is 2. The molecule has 0 unspecified atom stereocenters. The van der Waals surface area contributed by atoms with Gasteiger partial charge in [0.2, 0.25) is 5.91 Å². The molecule has 33 heavy (non-hydrogen) atoms. The van der Waals surface area contributed by atoms with Crippen LogP contribution in [0.15, 0.2) is 48.5 Å². The molecular formula is C24H22FN5O3. The van der Waals surface area contributed by atoms with E-state index in [4.69, 9.17) is 4.74 Å². The molecule has 1 fully saturated rings. The predicted molar refractivity (Wildman–Crippen MR) is 121 cm³/mol. The number of anilines is 1. The van der Waals surface area contributed by atoms with Crippen molar-refractivity contribution in [2.45, 2.75) is 12.8 Å². The average Bonchev–Trinajstić information content (AvgIpc) is 3.54. The highest BCUT2D eigenvalue weighted by Crippen LogP contribution is 2.44.